The van der Waals surface area contributed by atoms with E-state index in [0.717, 1.165) is 36.5 Å². The summed E-state index contributed by atoms with van der Waals surface area (Å²) in [5.41, 5.74) is 2.04. The van der Waals surface area contributed by atoms with Crippen LogP contribution in [0.3, 0.4) is 0 Å². The zero-order valence-electron chi connectivity index (χ0n) is 14.1. The molecule has 2 N–H and O–H groups in total. The number of imidazole rings is 1. The molecule has 3 heterocycles. The lowest BCUT2D eigenvalue weighted by Crippen LogP contribution is -2.41. The predicted octanol–water partition coefficient (Wildman–Crippen LogP) is 1.91. The summed E-state index contributed by atoms with van der Waals surface area (Å²) in [6, 6.07) is 8.00. The van der Waals surface area contributed by atoms with Gasteiger partial charge in [-0.2, -0.15) is 0 Å². The number of aryl methyl sites for hydroxylation is 1. The van der Waals surface area contributed by atoms with E-state index in [1.54, 1.807) is 6.20 Å². The van der Waals surface area contributed by atoms with Crippen molar-refractivity contribution in [3.8, 4) is 0 Å². The van der Waals surface area contributed by atoms with E-state index >= 15 is 0 Å². The molecule has 2 atom stereocenters. The monoisotopic (exact) mass is 338 g/mol. The third-order valence-electron chi connectivity index (χ3n) is 5.13. The molecule has 1 aromatic carbocycles. The van der Waals surface area contributed by atoms with Gasteiger partial charge >= 0.3 is 0 Å². The van der Waals surface area contributed by atoms with Gasteiger partial charge in [0.25, 0.3) is 0 Å². The van der Waals surface area contributed by atoms with E-state index in [1.165, 1.54) is 0 Å². The fraction of sp³-hybridized carbons (Fsp3) is 0.421. The van der Waals surface area contributed by atoms with Crippen LogP contribution < -0.4 is 10.6 Å². The van der Waals surface area contributed by atoms with E-state index in [2.05, 4.69) is 20.2 Å². The van der Waals surface area contributed by atoms with Crippen LogP contribution in [0, 0.1) is 5.92 Å². The highest BCUT2D eigenvalue weighted by molar-refractivity contribution is 5.96. The molecule has 2 aliphatic heterocycles. The normalized spacial score (nSPS) is 21.8. The number of carbonyl (C=O) groups excluding carboxylic acids is 2. The first-order valence-corrected chi connectivity index (χ1v) is 8.87. The Morgan fingerprint density at radius 2 is 2.24 bits per heavy atom. The molecule has 1 aromatic heterocycles. The average Bonchev–Trinajstić information content (AvgIpc) is 3.07. The molecule has 25 heavy (non-hydrogen) atoms. The van der Waals surface area contributed by atoms with Crippen molar-refractivity contribution in [2.45, 2.75) is 44.7 Å². The molecule has 2 aromatic rings. The van der Waals surface area contributed by atoms with Crippen molar-refractivity contribution in [1.82, 2.24) is 14.9 Å². The number of hydrogen-bond donors (Lipinski definition) is 2. The molecule has 2 amide bonds. The Bertz CT molecular complexity index is 798. The van der Waals surface area contributed by atoms with Crippen molar-refractivity contribution < 1.29 is 9.59 Å². The fourth-order valence-corrected chi connectivity index (χ4v) is 3.74. The number of nitrogens with one attached hydrogen (secondary N) is 2. The number of nitrogens with zero attached hydrogens (tertiary/aromatic N) is 2. The summed E-state index contributed by atoms with van der Waals surface area (Å²) in [5, 5.41) is 6.05. The molecule has 0 unspecified atom stereocenters. The van der Waals surface area contributed by atoms with Gasteiger partial charge < -0.3 is 15.2 Å². The van der Waals surface area contributed by atoms with Crippen LogP contribution in [-0.4, -0.2) is 27.4 Å². The molecule has 130 valence electrons. The largest absolute Gasteiger partial charge is 0.352 e. The number of benzene rings is 1. The van der Waals surface area contributed by atoms with Gasteiger partial charge in [-0.25, -0.2) is 4.98 Å². The average molecular weight is 338 g/mol. The van der Waals surface area contributed by atoms with Crippen molar-refractivity contribution in [3.63, 3.8) is 0 Å². The number of anilines is 1. The van der Waals surface area contributed by atoms with Crippen LogP contribution in [0.4, 0.5) is 5.69 Å². The molecule has 0 fully saturated rings. The van der Waals surface area contributed by atoms with Crippen LogP contribution in [0.25, 0.3) is 0 Å². The minimum atomic E-state index is -0.132. The number of carbonyl (C=O) groups is 2. The summed E-state index contributed by atoms with van der Waals surface area (Å²) < 4.78 is 2.10. The van der Waals surface area contributed by atoms with Crippen molar-refractivity contribution >= 4 is 17.5 Å². The number of fused-ring (bicyclic) bond motifs is 2. The summed E-state index contributed by atoms with van der Waals surface area (Å²) in [6.07, 6.45) is 7.23. The quantitative estimate of drug-likeness (QED) is 0.894. The van der Waals surface area contributed by atoms with E-state index in [9.17, 15) is 9.59 Å². The van der Waals surface area contributed by atoms with Crippen LogP contribution in [0.15, 0.2) is 36.7 Å². The van der Waals surface area contributed by atoms with Gasteiger partial charge in [-0.15, -0.1) is 0 Å². The van der Waals surface area contributed by atoms with Crippen molar-refractivity contribution in [2.24, 2.45) is 5.92 Å². The Morgan fingerprint density at radius 3 is 3.16 bits per heavy atom. The molecule has 2 aliphatic rings. The van der Waals surface area contributed by atoms with Gasteiger partial charge in [-0.3, -0.25) is 9.59 Å². The zero-order valence-corrected chi connectivity index (χ0v) is 14.1. The minimum absolute atomic E-state index is 0.0206. The van der Waals surface area contributed by atoms with Crippen LogP contribution in [0.1, 0.15) is 30.7 Å². The molecule has 0 aliphatic carbocycles. The minimum Gasteiger partial charge on any atom is -0.352 e. The first-order chi connectivity index (χ1) is 12.2. The summed E-state index contributed by atoms with van der Waals surface area (Å²) >= 11 is 0. The number of hydrogen-bond acceptors (Lipinski definition) is 3. The highest BCUT2D eigenvalue weighted by atomic mass is 16.2. The van der Waals surface area contributed by atoms with Crippen molar-refractivity contribution in [1.29, 1.82) is 0 Å². The maximum absolute atomic E-state index is 12.3. The van der Waals surface area contributed by atoms with Crippen molar-refractivity contribution in [3.05, 3.63) is 48.0 Å². The summed E-state index contributed by atoms with van der Waals surface area (Å²) in [6.45, 7) is 0.776. The van der Waals surface area contributed by atoms with Gasteiger partial charge in [0, 0.05) is 49.4 Å². The second-order valence-corrected chi connectivity index (χ2v) is 6.89. The molecule has 0 radical (unpaired) electrons. The van der Waals surface area contributed by atoms with E-state index in [4.69, 9.17) is 0 Å². The smallest absolute Gasteiger partial charge is 0.227 e. The molecule has 0 bridgehead atoms. The number of para-hydroxylation sites is 1. The third kappa shape index (κ3) is 3.43. The van der Waals surface area contributed by atoms with Gasteiger partial charge in [-0.1, -0.05) is 18.2 Å². The second kappa shape index (κ2) is 6.70. The van der Waals surface area contributed by atoms with Crippen molar-refractivity contribution in [2.75, 3.05) is 5.32 Å². The SMILES string of the molecule is O=C(CC[C@@H]1Cc2ccccc2NC1=O)N[C@H]1CCc2nccn2C1. The Kier molecular flexibility index (Phi) is 4.26. The second-order valence-electron chi connectivity index (χ2n) is 6.89. The molecule has 6 heteroatoms. The lowest BCUT2D eigenvalue weighted by molar-refractivity contribution is -0.123. The Balaban J connectivity index is 1.29. The van der Waals surface area contributed by atoms with Crippen LogP contribution >= 0.6 is 0 Å². The predicted molar refractivity (Wildman–Crippen MR) is 94.0 cm³/mol. The van der Waals surface area contributed by atoms with Crippen LogP contribution in [0.5, 0.6) is 0 Å². The summed E-state index contributed by atoms with van der Waals surface area (Å²) in [4.78, 5) is 28.8. The molecule has 4 rings (SSSR count). The number of rotatable bonds is 4. The van der Waals surface area contributed by atoms with Gasteiger partial charge in [0.15, 0.2) is 0 Å². The fourth-order valence-electron chi connectivity index (χ4n) is 3.74. The standard InChI is InChI=1S/C19H22N4O2/c24-18(21-15-6-7-17-20-9-10-23(17)12-15)8-5-14-11-13-3-1-2-4-16(13)22-19(14)25/h1-4,9-10,14-15H,5-8,11-12H2,(H,21,24)(H,22,25)/t14-,15+/m1/s1. The first kappa shape index (κ1) is 15.9. The van der Waals surface area contributed by atoms with Gasteiger partial charge in [0.2, 0.25) is 11.8 Å². The molecular weight excluding hydrogens is 316 g/mol. The lowest BCUT2D eigenvalue weighted by atomic mass is 9.89. The van der Waals surface area contributed by atoms with E-state index < -0.39 is 0 Å². The van der Waals surface area contributed by atoms with Gasteiger partial charge in [-0.05, 0) is 30.9 Å². The van der Waals surface area contributed by atoms with E-state index in [0.29, 0.717) is 19.3 Å². The maximum Gasteiger partial charge on any atom is 0.227 e. The highest BCUT2D eigenvalue weighted by Gasteiger charge is 2.27. The maximum atomic E-state index is 12.3. The lowest BCUT2D eigenvalue weighted by Gasteiger charge is -2.26. The Hall–Kier alpha value is -2.63. The molecule has 0 saturated heterocycles. The first-order valence-electron chi connectivity index (χ1n) is 8.87. The Labute approximate surface area is 146 Å². The van der Waals surface area contributed by atoms with E-state index in [-0.39, 0.29) is 23.8 Å². The van der Waals surface area contributed by atoms with Crippen LogP contribution in [0.2, 0.25) is 0 Å². The number of amides is 2. The molecule has 0 saturated carbocycles. The topological polar surface area (TPSA) is 76.0 Å². The van der Waals surface area contributed by atoms with Gasteiger partial charge in [0.05, 0.1) is 0 Å². The third-order valence-corrected chi connectivity index (χ3v) is 5.13. The highest BCUT2D eigenvalue weighted by Crippen LogP contribution is 2.27. The molecule has 6 nitrogen and oxygen atoms in total. The number of aromatic nitrogens is 2. The van der Waals surface area contributed by atoms with E-state index in [1.807, 2.05) is 30.5 Å². The molecule has 0 spiro atoms. The zero-order chi connectivity index (χ0) is 17.2. The summed E-state index contributed by atoms with van der Waals surface area (Å²) in [7, 11) is 0. The Morgan fingerprint density at radius 1 is 1.36 bits per heavy atom. The summed E-state index contributed by atoms with van der Waals surface area (Å²) in [5.74, 6) is 1.00. The van der Waals surface area contributed by atoms with Crippen LogP contribution in [-0.2, 0) is 29.0 Å². The molecular formula is C19H22N4O2. The van der Waals surface area contributed by atoms with Gasteiger partial charge in [0.1, 0.15) is 5.82 Å².